The van der Waals surface area contributed by atoms with Crippen molar-refractivity contribution in [2.45, 2.75) is 6.92 Å². The molecule has 1 unspecified atom stereocenters. The molecule has 0 N–H and O–H groups in total. The Labute approximate surface area is 73.0 Å². The summed E-state index contributed by atoms with van der Waals surface area (Å²) in [6, 6.07) is 5.38. The summed E-state index contributed by atoms with van der Waals surface area (Å²) in [5, 5.41) is 1.39. The quantitative estimate of drug-likeness (QED) is 0.485. The maximum absolute atomic E-state index is 10.9. The molecule has 0 bridgehead atoms. The fourth-order valence-corrected chi connectivity index (χ4v) is 1.35. The second-order valence-corrected chi connectivity index (χ2v) is 3.26. The van der Waals surface area contributed by atoms with Crippen LogP contribution in [0.15, 0.2) is 18.2 Å². The van der Waals surface area contributed by atoms with Crippen LogP contribution in [0.4, 0.5) is 0 Å². The molecule has 11 heavy (non-hydrogen) atoms. The van der Waals surface area contributed by atoms with Gasteiger partial charge in [-0.15, -0.1) is 9.24 Å². The van der Waals surface area contributed by atoms with Crippen molar-refractivity contribution in [1.29, 1.82) is 0 Å². The fourth-order valence-electron chi connectivity index (χ4n) is 0.822. The normalized spacial score (nSPS) is 9.73. The molecule has 0 saturated carbocycles. The van der Waals surface area contributed by atoms with Crippen molar-refractivity contribution < 1.29 is 4.79 Å². The predicted molar refractivity (Wildman–Crippen MR) is 50.8 cm³/mol. The summed E-state index contributed by atoms with van der Waals surface area (Å²) in [6.45, 7) is 1.51. The number of halogens is 1. The molecule has 3 heteroatoms. The number of hydrogen-bond acceptors (Lipinski definition) is 1. The number of Topliss-reactive ketones (excluding diaryl/α,β-unsaturated/α-hetero) is 1. The van der Waals surface area contributed by atoms with Crippen molar-refractivity contribution in [3.05, 3.63) is 28.8 Å². The van der Waals surface area contributed by atoms with Crippen LogP contribution in [0.5, 0.6) is 0 Å². The third kappa shape index (κ3) is 1.79. The van der Waals surface area contributed by atoms with Crippen molar-refractivity contribution in [2.24, 2.45) is 0 Å². The van der Waals surface area contributed by atoms with E-state index in [-0.39, 0.29) is 5.78 Å². The van der Waals surface area contributed by atoms with Gasteiger partial charge in [0.2, 0.25) is 0 Å². The zero-order valence-electron chi connectivity index (χ0n) is 6.10. The number of carbonyl (C=O) groups excluding carboxylic acids is 1. The van der Waals surface area contributed by atoms with Gasteiger partial charge in [-0.05, 0) is 18.3 Å². The third-order valence-electron chi connectivity index (χ3n) is 1.41. The Hall–Kier alpha value is -0.390. The molecule has 0 spiro atoms. The number of benzene rings is 1. The summed E-state index contributed by atoms with van der Waals surface area (Å²) >= 11 is 5.85. The highest BCUT2D eigenvalue weighted by Crippen LogP contribution is 2.15. The Balaban J connectivity index is 3.27. The van der Waals surface area contributed by atoms with Gasteiger partial charge in [-0.2, -0.15) is 0 Å². The van der Waals surface area contributed by atoms with E-state index < -0.39 is 0 Å². The average Bonchev–Trinajstić information content (AvgIpc) is 1.94. The number of carbonyl (C=O) groups is 1. The molecule has 0 aliphatic rings. The van der Waals surface area contributed by atoms with Crippen LogP contribution in [0.2, 0.25) is 5.02 Å². The fraction of sp³-hybridized carbons (Fsp3) is 0.125. The van der Waals surface area contributed by atoms with E-state index in [9.17, 15) is 4.79 Å². The summed E-state index contributed by atoms with van der Waals surface area (Å²) in [4.78, 5) is 10.9. The SMILES string of the molecule is CC(=O)c1cccc(P)c1Cl. The summed E-state index contributed by atoms with van der Waals surface area (Å²) < 4.78 is 0. The van der Waals surface area contributed by atoms with Crippen LogP contribution in [0.3, 0.4) is 0 Å². The Kier molecular flexibility index (Phi) is 2.64. The standard InChI is InChI=1S/C8H8ClOP/c1-5(10)6-3-2-4-7(11)8(6)9/h2-4H,11H2,1H3. The molecular weight excluding hydrogens is 179 g/mol. The van der Waals surface area contributed by atoms with Crippen LogP contribution in [-0.4, -0.2) is 5.78 Å². The minimum absolute atomic E-state index is 0.000648. The van der Waals surface area contributed by atoms with Gasteiger partial charge < -0.3 is 0 Å². The first-order chi connectivity index (χ1) is 5.13. The summed E-state index contributed by atoms with van der Waals surface area (Å²) in [6.07, 6.45) is 0. The largest absolute Gasteiger partial charge is 0.294 e. The van der Waals surface area contributed by atoms with Gasteiger partial charge in [-0.25, -0.2) is 0 Å². The molecule has 0 saturated heterocycles. The Morgan fingerprint density at radius 2 is 2.18 bits per heavy atom. The highest BCUT2D eigenvalue weighted by atomic mass is 35.5. The number of hydrogen-bond donors (Lipinski definition) is 0. The van der Waals surface area contributed by atoms with Gasteiger partial charge in [0.25, 0.3) is 0 Å². The predicted octanol–water partition coefficient (Wildman–Crippen LogP) is 2.04. The molecule has 58 valence electrons. The van der Waals surface area contributed by atoms with Crippen LogP contribution in [0, 0.1) is 0 Å². The molecular formula is C8H8ClOP. The van der Waals surface area contributed by atoms with Crippen LogP contribution in [-0.2, 0) is 0 Å². The number of rotatable bonds is 1. The molecule has 0 fully saturated rings. The maximum Gasteiger partial charge on any atom is 0.161 e. The topological polar surface area (TPSA) is 17.1 Å². The molecule has 1 atom stereocenters. The summed E-state index contributed by atoms with van der Waals surface area (Å²) in [7, 11) is 2.48. The van der Waals surface area contributed by atoms with Crippen molar-refractivity contribution in [2.75, 3.05) is 0 Å². The average molecular weight is 187 g/mol. The molecule has 1 aromatic carbocycles. The molecule has 0 aromatic heterocycles. The molecule has 0 aliphatic carbocycles. The third-order valence-corrected chi connectivity index (χ3v) is 2.49. The van der Waals surface area contributed by atoms with E-state index >= 15 is 0 Å². The van der Waals surface area contributed by atoms with E-state index in [0.717, 1.165) is 5.30 Å². The van der Waals surface area contributed by atoms with E-state index in [1.54, 1.807) is 6.07 Å². The zero-order valence-corrected chi connectivity index (χ0v) is 8.01. The van der Waals surface area contributed by atoms with Crippen LogP contribution in [0.25, 0.3) is 0 Å². The first-order valence-electron chi connectivity index (χ1n) is 3.18. The minimum atomic E-state index is -0.000648. The first kappa shape index (κ1) is 8.70. The molecule has 1 rings (SSSR count). The van der Waals surface area contributed by atoms with Crippen LogP contribution < -0.4 is 5.30 Å². The Morgan fingerprint density at radius 3 is 2.64 bits per heavy atom. The summed E-state index contributed by atoms with van der Waals surface area (Å²) in [5.74, 6) is -0.000648. The van der Waals surface area contributed by atoms with Gasteiger partial charge in [0.05, 0.1) is 5.02 Å². The maximum atomic E-state index is 10.9. The Bertz CT molecular complexity index is 296. The van der Waals surface area contributed by atoms with Crippen LogP contribution >= 0.6 is 20.8 Å². The minimum Gasteiger partial charge on any atom is -0.294 e. The van der Waals surface area contributed by atoms with E-state index in [1.165, 1.54) is 6.92 Å². The van der Waals surface area contributed by atoms with Crippen molar-refractivity contribution >= 4 is 31.9 Å². The summed E-state index contributed by atoms with van der Waals surface area (Å²) in [5.41, 5.74) is 0.583. The lowest BCUT2D eigenvalue weighted by atomic mass is 10.1. The van der Waals surface area contributed by atoms with E-state index in [4.69, 9.17) is 11.6 Å². The van der Waals surface area contributed by atoms with Gasteiger partial charge in [-0.1, -0.05) is 23.7 Å². The smallest absolute Gasteiger partial charge is 0.161 e. The molecule has 1 nitrogen and oxygen atoms in total. The van der Waals surface area contributed by atoms with Crippen molar-refractivity contribution in [3.8, 4) is 0 Å². The van der Waals surface area contributed by atoms with E-state index in [1.807, 2.05) is 12.1 Å². The van der Waals surface area contributed by atoms with Crippen molar-refractivity contribution in [3.63, 3.8) is 0 Å². The van der Waals surface area contributed by atoms with Gasteiger partial charge >= 0.3 is 0 Å². The molecule has 0 radical (unpaired) electrons. The second kappa shape index (κ2) is 3.34. The van der Waals surface area contributed by atoms with Crippen LogP contribution in [0.1, 0.15) is 17.3 Å². The molecule has 0 heterocycles. The number of ketones is 1. The lowest BCUT2D eigenvalue weighted by Gasteiger charge is -2.01. The van der Waals surface area contributed by atoms with E-state index in [2.05, 4.69) is 9.24 Å². The molecule has 1 aromatic rings. The van der Waals surface area contributed by atoms with Crippen molar-refractivity contribution in [1.82, 2.24) is 0 Å². The monoisotopic (exact) mass is 186 g/mol. The molecule has 0 aliphatic heterocycles. The van der Waals surface area contributed by atoms with Gasteiger partial charge in [-0.3, -0.25) is 4.79 Å². The lowest BCUT2D eigenvalue weighted by Crippen LogP contribution is -2.00. The highest BCUT2D eigenvalue weighted by Gasteiger charge is 2.05. The van der Waals surface area contributed by atoms with Gasteiger partial charge in [0.15, 0.2) is 5.78 Å². The lowest BCUT2D eigenvalue weighted by molar-refractivity contribution is 0.101. The first-order valence-corrected chi connectivity index (χ1v) is 4.13. The zero-order chi connectivity index (χ0) is 8.43. The molecule has 0 amide bonds. The van der Waals surface area contributed by atoms with Gasteiger partial charge in [0, 0.05) is 5.56 Å². The second-order valence-electron chi connectivity index (χ2n) is 2.26. The highest BCUT2D eigenvalue weighted by molar-refractivity contribution is 7.28. The Morgan fingerprint density at radius 1 is 1.55 bits per heavy atom. The van der Waals surface area contributed by atoms with E-state index in [0.29, 0.717) is 10.6 Å². The van der Waals surface area contributed by atoms with Gasteiger partial charge in [0.1, 0.15) is 0 Å².